The van der Waals surface area contributed by atoms with Gasteiger partial charge in [-0.05, 0) is 24.3 Å². The normalized spacial score (nSPS) is 10.3. The van der Waals surface area contributed by atoms with Crippen molar-refractivity contribution in [2.75, 3.05) is 26.0 Å². The van der Waals surface area contributed by atoms with E-state index >= 15 is 0 Å². The van der Waals surface area contributed by atoms with Crippen molar-refractivity contribution in [3.8, 4) is 5.75 Å². The summed E-state index contributed by atoms with van der Waals surface area (Å²) >= 11 is 11.8. The molecule has 1 N–H and O–H groups in total. The molecule has 2 amide bonds. The van der Waals surface area contributed by atoms with Gasteiger partial charge in [0.2, 0.25) is 0 Å². The fourth-order valence-electron chi connectivity index (χ4n) is 2.10. The number of nitrogens with zero attached hydrogens (tertiary/aromatic N) is 2. The van der Waals surface area contributed by atoms with Crippen molar-refractivity contribution in [2.45, 2.75) is 0 Å². The van der Waals surface area contributed by atoms with Crippen LogP contribution in [0.25, 0.3) is 0 Å². The van der Waals surface area contributed by atoms with Crippen LogP contribution >= 0.6 is 23.2 Å². The maximum atomic E-state index is 12.2. The lowest BCUT2D eigenvalue weighted by Gasteiger charge is -2.13. The van der Waals surface area contributed by atoms with E-state index in [1.54, 1.807) is 20.2 Å². The number of hydrogen-bond donors (Lipinski definition) is 1. The molecule has 1 aromatic heterocycles. The predicted octanol–water partition coefficient (Wildman–Crippen LogP) is 2.41. The SMILES string of the molecule is CN(C)C(=O)c1cc(NC(=O)COc2ccc(Cl)cc2Cl)c(=O)n(C)c1. The van der Waals surface area contributed by atoms with Crippen LogP contribution in [0.1, 0.15) is 10.4 Å². The standard InChI is InChI=1S/C17H17Cl2N3O4/c1-21(2)16(24)10-6-13(17(25)22(3)8-10)20-15(23)9-26-14-5-4-11(18)7-12(14)19/h4-8H,9H2,1-3H3,(H,20,23). The first-order chi connectivity index (χ1) is 12.2. The number of halogens is 2. The zero-order chi connectivity index (χ0) is 19.4. The lowest BCUT2D eigenvalue weighted by molar-refractivity contribution is -0.118. The van der Waals surface area contributed by atoms with Crippen LogP contribution in [0, 0.1) is 0 Å². The topological polar surface area (TPSA) is 80.6 Å². The van der Waals surface area contributed by atoms with Crippen molar-refractivity contribution in [1.82, 2.24) is 9.47 Å². The summed E-state index contributed by atoms with van der Waals surface area (Å²) in [5, 5.41) is 3.16. The molecule has 26 heavy (non-hydrogen) atoms. The Hall–Kier alpha value is -2.51. The van der Waals surface area contributed by atoms with Crippen LogP contribution in [-0.2, 0) is 11.8 Å². The lowest BCUT2D eigenvalue weighted by Crippen LogP contribution is -2.29. The van der Waals surface area contributed by atoms with Crippen LogP contribution in [0.15, 0.2) is 35.3 Å². The van der Waals surface area contributed by atoms with E-state index in [9.17, 15) is 14.4 Å². The molecule has 0 atom stereocenters. The number of aromatic nitrogens is 1. The van der Waals surface area contributed by atoms with E-state index in [1.807, 2.05) is 0 Å². The maximum Gasteiger partial charge on any atom is 0.274 e. The molecule has 138 valence electrons. The van der Waals surface area contributed by atoms with Crippen LogP contribution in [0.4, 0.5) is 5.69 Å². The van der Waals surface area contributed by atoms with Gasteiger partial charge in [-0.1, -0.05) is 23.2 Å². The number of benzene rings is 1. The number of rotatable bonds is 5. The number of carbonyl (C=O) groups is 2. The highest BCUT2D eigenvalue weighted by Gasteiger charge is 2.15. The number of anilines is 1. The fraction of sp³-hybridized carbons (Fsp3) is 0.235. The van der Waals surface area contributed by atoms with Crippen molar-refractivity contribution in [2.24, 2.45) is 7.05 Å². The zero-order valence-corrected chi connectivity index (χ0v) is 15.9. The molecule has 9 heteroatoms. The predicted molar refractivity (Wildman–Crippen MR) is 100 cm³/mol. The van der Waals surface area contributed by atoms with Gasteiger partial charge in [-0.25, -0.2) is 0 Å². The van der Waals surface area contributed by atoms with Crippen molar-refractivity contribution < 1.29 is 14.3 Å². The summed E-state index contributed by atoms with van der Waals surface area (Å²) in [6.07, 6.45) is 1.41. The third-order valence-electron chi connectivity index (χ3n) is 3.36. The molecule has 0 saturated heterocycles. The number of pyridine rings is 1. The van der Waals surface area contributed by atoms with Gasteiger partial charge < -0.3 is 19.5 Å². The minimum Gasteiger partial charge on any atom is -0.482 e. The molecule has 0 radical (unpaired) electrons. The van der Waals surface area contributed by atoms with Gasteiger partial charge in [0.15, 0.2) is 6.61 Å². The van der Waals surface area contributed by atoms with Crippen LogP contribution in [0.5, 0.6) is 5.75 Å². The summed E-state index contributed by atoms with van der Waals surface area (Å²) in [5.74, 6) is -0.571. The summed E-state index contributed by atoms with van der Waals surface area (Å²) < 4.78 is 6.55. The molecule has 0 spiro atoms. The van der Waals surface area contributed by atoms with E-state index < -0.39 is 11.5 Å². The molecule has 0 saturated carbocycles. The molecule has 2 rings (SSSR count). The first-order valence-electron chi connectivity index (χ1n) is 7.49. The Morgan fingerprint density at radius 1 is 1.23 bits per heavy atom. The minimum absolute atomic E-state index is 0.0176. The quantitative estimate of drug-likeness (QED) is 0.839. The van der Waals surface area contributed by atoms with E-state index in [1.165, 1.54) is 40.9 Å². The number of ether oxygens (including phenoxy) is 1. The maximum absolute atomic E-state index is 12.2. The van der Waals surface area contributed by atoms with Gasteiger partial charge in [0, 0.05) is 32.4 Å². The van der Waals surface area contributed by atoms with Crippen molar-refractivity contribution >= 4 is 40.7 Å². The van der Waals surface area contributed by atoms with Gasteiger partial charge in [0.1, 0.15) is 11.4 Å². The minimum atomic E-state index is -0.567. The Kier molecular flexibility index (Phi) is 6.28. The second-order valence-electron chi connectivity index (χ2n) is 5.67. The molecule has 0 aliphatic rings. The molecule has 0 fully saturated rings. The van der Waals surface area contributed by atoms with E-state index in [0.29, 0.717) is 5.02 Å². The molecular formula is C17H17Cl2N3O4. The highest BCUT2D eigenvalue weighted by atomic mass is 35.5. The zero-order valence-electron chi connectivity index (χ0n) is 14.4. The first-order valence-corrected chi connectivity index (χ1v) is 8.24. The van der Waals surface area contributed by atoms with E-state index in [-0.39, 0.29) is 34.5 Å². The van der Waals surface area contributed by atoms with Crippen molar-refractivity contribution in [1.29, 1.82) is 0 Å². The fourth-order valence-corrected chi connectivity index (χ4v) is 2.56. The number of hydrogen-bond acceptors (Lipinski definition) is 4. The summed E-state index contributed by atoms with van der Waals surface area (Å²) in [6, 6.07) is 5.93. The third kappa shape index (κ3) is 4.77. The molecule has 7 nitrogen and oxygen atoms in total. The number of aryl methyl sites for hydroxylation is 1. The highest BCUT2D eigenvalue weighted by Crippen LogP contribution is 2.27. The summed E-state index contributed by atoms with van der Waals surface area (Å²) in [7, 11) is 4.68. The van der Waals surface area contributed by atoms with E-state index in [2.05, 4.69) is 5.32 Å². The van der Waals surface area contributed by atoms with Gasteiger partial charge in [-0.15, -0.1) is 0 Å². The van der Waals surface area contributed by atoms with Crippen molar-refractivity contribution in [3.63, 3.8) is 0 Å². The number of carbonyl (C=O) groups excluding carboxylic acids is 2. The Bertz CT molecular complexity index is 909. The van der Waals surface area contributed by atoms with Crippen LogP contribution < -0.4 is 15.6 Å². The first kappa shape index (κ1) is 19.8. The second-order valence-corrected chi connectivity index (χ2v) is 6.51. The number of amides is 2. The smallest absolute Gasteiger partial charge is 0.274 e. The van der Waals surface area contributed by atoms with Crippen LogP contribution in [-0.4, -0.2) is 42.0 Å². The monoisotopic (exact) mass is 397 g/mol. The second kappa shape index (κ2) is 8.25. The molecule has 0 bridgehead atoms. The lowest BCUT2D eigenvalue weighted by atomic mass is 10.2. The average Bonchev–Trinajstić information content (AvgIpc) is 2.57. The Morgan fingerprint density at radius 2 is 1.92 bits per heavy atom. The van der Waals surface area contributed by atoms with Gasteiger partial charge in [0.25, 0.3) is 17.4 Å². The molecule has 1 heterocycles. The van der Waals surface area contributed by atoms with Gasteiger partial charge in [0.05, 0.1) is 10.6 Å². The Balaban J connectivity index is 2.13. The molecule has 0 unspecified atom stereocenters. The average molecular weight is 398 g/mol. The molecule has 2 aromatic rings. The molecule has 0 aliphatic carbocycles. The molecule has 1 aromatic carbocycles. The van der Waals surface area contributed by atoms with Gasteiger partial charge >= 0.3 is 0 Å². The number of nitrogens with one attached hydrogen (secondary N) is 1. The molecular weight excluding hydrogens is 381 g/mol. The Morgan fingerprint density at radius 3 is 2.54 bits per heavy atom. The van der Waals surface area contributed by atoms with E-state index in [0.717, 1.165) is 0 Å². The molecule has 0 aliphatic heterocycles. The van der Waals surface area contributed by atoms with Gasteiger partial charge in [-0.2, -0.15) is 0 Å². The largest absolute Gasteiger partial charge is 0.482 e. The summed E-state index contributed by atoms with van der Waals surface area (Å²) in [6.45, 7) is -0.365. The van der Waals surface area contributed by atoms with Crippen LogP contribution in [0.3, 0.4) is 0 Å². The van der Waals surface area contributed by atoms with E-state index in [4.69, 9.17) is 27.9 Å². The summed E-state index contributed by atoms with van der Waals surface area (Å²) in [4.78, 5) is 37.7. The Labute approximate surface area is 160 Å². The van der Waals surface area contributed by atoms with Gasteiger partial charge in [-0.3, -0.25) is 14.4 Å². The third-order valence-corrected chi connectivity index (χ3v) is 3.89. The van der Waals surface area contributed by atoms with Crippen molar-refractivity contribution in [3.05, 3.63) is 56.4 Å². The highest BCUT2D eigenvalue weighted by molar-refractivity contribution is 6.35. The summed E-state index contributed by atoms with van der Waals surface area (Å²) in [5.41, 5.74) is -0.191. The van der Waals surface area contributed by atoms with Crippen LogP contribution in [0.2, 0.25) is 10.0 Å².